The van der Waals surface area contributed by atoms with Crippen LogP contribution in [0.2, 0.25) is 0 Å². The van der Waals surface area contributed by atoms with Crippen LogP contribution in [0.1, 0.15) is 30.0 Å². The summed E-state index contributed by atoms with van der Waals surface area (Å²) in [4.78, 5) is 4.32. The minimum atomic E-state index is -4.30. The Morgan fingerprint density at radius 3 is 3.00 bits per heavy atom. The summed E-state index contributed by atoms with van der Waals surface area (Å²) >= 11 is 0. The number of hydrogen-bond donors (Lipinski definition) is 1. The molecule has 0 amide bonds. The fourth-order valence-electron chi connectivity index (χ4n) is 2.49. The van der Waals surface area contributed by atoms with Crippen LogP contribution in [-0.2, 0) is 11.2 Å². The second-order valence-electron chi connectivity index (χ2n) is 4.84. The summed E-state index contributed by atoms with van der Waals surface area (Å²) in [6.45, 7) is -1.34. The van der Waals surface area contributed by atoms with Crippen molar-refractivity contribution in [2.45, 2.75) is 37.4 Å². The number of pyridine rings is 1. The van der Waals surface area contributed by atoms with Gasteiger partial charge >= 0.3 is 6.18 Å². The smallest absolute Gasteiger partial charge is 0.370 e. The number of halogens is 3. The van der Waals surface area contributed by atoms with Gasteiger partial charge in [0.15, 0.2) is 0 Å². The number of nitrogens with zero attached hydrogens (tertiary/aromatic N) is 1. The van der Waals surface area contributed by atoms with Crippen molar-refractivity contribution in [2.24, 2.45) is 5.73 Å². The number of aromatic nitrogens is 1. The van der Waals surface area contributed by atoms with Gasteiger partial charge in [-0.05, 0) is 30.9 Å². The number of hydrogen-bond acceptors (Lipinski definition) is 3. The van der Waals surface area contributed by atoms with E-state index >= 15 is 0 Å². The predicted molar refractivity (Wildman–Crippen MR) is 64.8 cm³/mol. The molecule has 2 N–H and O–H groups in total. The third-order valence-electron chi connectivity index (χ3n) is 3.33. The molecule has 2 unspecified atom stereocenters. The van der Waals surface area contributed by atoms with Crippen LogP contribution in [0.25, 0.3) is 0 Å². The molecule has 1 heterocycles. The predicted octanol–water partition coefficient (Wildman–Crippen LogP) is 2.41. The standard InChI is InChI=1S/C13H17F3N2O/c14-13(15,16)8-19-7-11(17)10-5-1-3-9-4-2-6-18-12(9)10/h2,4,6,10-11H,1,3,5,7-8,17H2. The van der Waals surface area contributed by atoms with Gasteiger partial charge in [0, 0.05) is 23.9 Å². The van der Waals surface area contributed by atoms with Gasteiger partial charge in [0.05, 0.1) is 6.61 Å². The van der Waals surface area contributed by atoms with E-state index in [9.17, 15) is 13.2 Å². The highest BCUT2D eigenvalue weighted by Crippen LogP contribution is 2.31. The zero-order valence-corrected chi connectivity index (χ0v) is 10.5. The second-order valence-corrected chi connectivity index (χ2v) is 4.84. The normalized spacial score (nSPS) is 20.9. The summed E-state index contributed by atoms with van der Waals surface area (Å²) in [6, 6.07) is 3.42. The highest BCUT2D eigenvalue weighted by Gasteiger charge is 2.30. The molecule has 1 aromatic rings. The summed E-state index contributed by atoms with van der Waals surface area (Å²) in [5.41, 5.74) is 8.02. The van der Waals surface area contributed by atoms with E-state index in [2.05, 4.69) is 9.72 Å². The topological polar surface area (TPSA) is 48.1 Å². The molecular formula is C13H17F3N2O. The molecule has 0 saturated carbocycles. The highest BCUT2D eigenvalue weighted by molar-refractivity contribution is 5.27. The average Bonchev–Trinajstić information content (AvgIpc) is 2.36. The van der Waals surface area contributed by atoms with Gasteiger partial charge in [-0.3, -0.25) is 4.98 Å². The number of ether oxygens (including phenoxy) is 1. The zero-order valence-electron chi connectivity index (χ0n) is 10.5. The van der Waals surface area contributed by atoms with Gasteiger partial charge in [-0.1, -0.05) is 6.07 Å². The lowest BCUT2D eigenvalue weighted by Gasteiger charge is -2.29. The quantitative estimate of drug-likeness (QED) is 0.917. The van der Waals surface area contributed by atoms with Crippen LogP contribution in [-0.4, -0.2) is 30.4 Å². The highest BCUT2D eigenvalue weighted by atomic mass is 19.4. The number of aryl methyl sites for hydroxylation is 1. The lowest BCUT2D eigenvalue weighted by atomic mass is 9.82. The summed E-state index contributed by atoms with van der Waals surface area (Å²) in [7, 11) is 0. The molecule has 2 rings (SSSR count). The van der Waals surface area contributed by atoms with Gasteiger partial charge in [-0.15, -0.1) is 0 Å². The van der Waals surface area contributed by atoms with Crippen molar-refractivity contribution in [1.29, 1.82) is 0 Å². The molecule has 0 saturated heterocycles. The maximum atomic E-state index is 12.0. The van der Waals surface area contributed by atoms with Gasteiger partial charge in [-0.25, -0.2) is 0 Å². The first-order valence-corrected chi connectivity index (χ1v) is 6.31. The molecule has 0 spiro atoms. The Kier molecular flexibility index (Phi) is 4.42. The maximum absolute atomic E-state index is 12.0. The Balaban J connectivity index is 1.95. The molecule has 106 valence electrons. The zero-order chi connectivity index (χ0) is 13.9. The van der Waals surface area contributed by atoms with Gasteiger partial charge in [0.1, 0.15) is 6.61 Å². The monoisotopic (exact) mass is 274 g/mol. The Labute approximate surface area is 110 Å². The third-order valence-corrected chi connectivity index (χ3v) is 3.33. The molecule has 0 aliphatic heterocycles. The lowest BCUT2D eigenvalue weighted by molar-refractivity contribution is -0.175. The first-order valence-electron chi connectivity index (χ1n) is 6.31. The number of nitrogens with two attached hydrogens (primary N) is 1. The van der Waals surface area contributed by atoms with E-state index in [0.717, 1.165) is 30.5 Å². The molecule has 6 heteroatoms. The van der Waals surface area contributed by atoms with E-state index in [1.165, 1.54) is 0 Å². The van der Waals surface area contributed by atoms with Crippen LogP contribution < -0.4 is 5.73 Å². The number of alkyl halides is 3. The van der Waals surface area contributed by atoms with E-state index in [-0.39, 0.29) is 12.5 Å². The van der Waals surface area contributed by atoms with Gasteiger partial charge in [-0.2, -0.15) is 13.2 Å². The summed E-state index contributed by atoms with van der Waals surface area (Å²) < 4.78 is 40.7. The van der Waals surface area contributed by atoms with Crippen LogP contribution in [0.4, 0.5) is 13.2 Å². The molecule has 0 aromatic carbocycles. The Morgan fingerprint density at radius 1 is 1.47 bits per heavy atom. The molecule has 1 aromatic heterocycles. The van der Waals surface area contributed by atoms with Crippen molar-refractivity contribution in [2.75, 3.05) is 13.2 Å². The van der Waals surface area contributed by atoms with Gasteiger partial charge in [0.2, 0.25) is 0 Å². The summed E-state index contributed by atoms with van der Waals surface area (Å²) in [6.07, 6.45) is 0.176. The van der Waals surface area contributed by atoms with Crippen molar-refractivity contribution < 1.29 is 17.9 Å². The van der Waals surface area contributed by atoms with Crippen molar-refractivity contribution in [3.05, 3.63) is 29.6 Å². The maximum Gasteiger partial charge on any atom is 0.411 e. The summed E-state index contributed by atoms with van der Waals surface area (Å²) in [5, 5.41) is 0. The second kappa shape index (κ2) is 5.88. The van der Waals surface area contributed by atoms with Crippen molar-refractivity contribution in [3.63, 3.8) is 0 Å². The Morgan fingerprint density at radius 2 is 2.26 bits per heavy atom. The van der Waals surface area contributed by atoms with E-state index < -0.39 is 18.8 Å². The first kappa shape index (κ1) is 14.3. The SMILES string of the molecule is NC(COCC(F)(F)F)C1CCCc2cccnc21. The molecule has 0 radical (unpaired) electrons. The van der Waals surface area contributed by atoms with E-state index in [4.69, 9.17) is 5.73 Å². The van der Waals surface area contributed by atoms with Crippen LogP contribution in [0, 0.1) is 0 Å². The van der Waals surface area contributed by atoms with Gasteiger partial charge in [0.25, 0.3) is 0 Å². The molecule has 19 heavy (non-hydrogen) atoms. The Hall–Kier alpha value is -1.14. The number of rotatable bonds is 4. The molecular weight excluding hydrogens is 257 g/mol. The fraction of sp³-hybridized carbons (Fsp3) is 0.615. The van der Waals surface area contributed by atoms with Crippen LogP contribution in [0.5, 0.6) is 0 Å². The molecule has 0 bridgehead atoms. The minimum absolute atomic E-state index is 0.0156. The minimum Gasteiger partial charge on any atom is -0.370 e. The van der Waals surface area contributed by atoms with Crippen LogP contribution in [0.15, 0.2) is 18.3 Å². The van der Waals surface area contributed by atoms with E-state index in [1.807, 2.05) is 12.1 Å². The molecule has 1 aliphatic rings. The Bertz CT molecular complexity index is 423. The lowest BCUT2D eigenvalue weighted by Crippen LogP contribution is -2.36. The third kappa shape index (κ3) is 3.91. The van der Waals surface area contributed by atoms with Crippen LogP contribution >= 0.6 is 0 Å². The first-order chi connectivity index (χ1) is 8.97. The number of fused-ring (bicyclic) bond motifs is 1. The fourth-order valence-corrected chi connectivity index (χ4v) is 2.49. The molecule has 1 aliphatic carbocycles. The van der Waals surface area contributed by atoms with Crippen molar-refractivity contribution in [1.82, 2.24) is 4.98 Å². The van der Waals surface area contributed by atoms with E-state index in [1.54, 1.807) is 6.20 Å². The average molecular weight is 274 g/mol. The largest absolute Gasteiger partial charge is 0.411 e. The molecule has 2 atom stereocenters. The van der Waals surface area contributed by atoms with E-state index in [0.29, 0.717) is 0 Å². The van der Waals surface area contributed by atoms with Crippen molar-refractivity contribution in [3.8, 4) is 0 Å². The molecule has 3 nitrogen and oxygen atoms in total. The van der Waals surface area contributed by atoms with Crippen LogP contribution in [0.3, 0.4) is 0 Å². The summed E-state index contributed by atoms with van der Waals surface area (Å²) in [5.74, 6) is -0.0156. The molecule has 0 fully saturated rings. The van der Waals surface area contributed by atoms with Crippen molar-refractivity contribution >= 4 is 0 Å². The van der Waals surface area contributed by atoms with Gasteiger partial charge < -0.3 is 10.5 Å².